The Morgan fingerprint density at radius 2 is 2.07 bits per heavy atom. The third kappa shape index (κ3) is 1.60. The van der Waals surface area contributed by atoms with Gasteiger partial charge in [-0.25, -0.2) is 0 Å². The standard InChI is InChI=1S/C12H20O2/c1-3-8(4-2)12(13)10-7-9-5-6-11(10)14-9/h8-11H,3-7H2,1-2H3. The molecule has 2 aliphatic rings. The monoisotopic (exact) mass is 196 g/mol. The van der Waals surface area contributed by atoms with Crippen LogP contribution in [0, 0.1) is 11.8 Å². The molecular weight excluding hydrogens is 176 g/mol. The fourth-order valence-electron chi connectivity index (χ4n) is 2.93. The molecule has 3 atom stereocenters. The molecule has 3 unspecified atom stereocenters. The van der Waals surface area contributed by atoms with E-state index in [-0.39, 0.29) is 17.9 Å². The summed E-state index contributed by atoms with van der Waals surface area (Å²) in [4.78, 5) is 12.1. The molecule has 0 aromatic rings. The Kier molecular flexibility index (Phi) is 2.91. The van der Waals surface area contributed by atoms with Crippen molar-refractivity contribution < 1.29 is 9.53 Å². The minimum absolute atomic E-state index is 0.235. The van der Waals surface area contributed by atoms with Crippen molar-refractivity contribution in [2.75, 3.05) is 0 Å². The Bertz CT molecular complexity index is 220. The smallest absolute Gasteiger partial charge is 0.141 e. The predicted octanol–water partition coefficient (Wildman–Crippen LogP) is 2.56. The van der Waals surface area contributed by atoms with Gasteiger partial charge in [-0.1, -0.05) is 13.8 Å². The molecule has 0 aromatic heterocycles. The van der Waals surface area contributed by atoms with Crippen LogP contribution < -0.4 is 0 Å². The van der Waals surface area contributed by atoms with Gasteiger partial charge in [0.1, 0.15) is 5.78 Å². The first-order chi connectivity index (χ1) is 6.76. The Hall–Kier alpha value is -0.370. The molecule has 2 fully saturated rings. The van der Waals surface area contributed by atoms with Crippen LogP contribution in [0.1, 0.15) is 46.0 Å². The molecule has 2 aliphatic heterocycles. The average Bonchev–Trinajstić information content (AvgIpc) is 2.80. The van der Waals surface area contributed by atoms with Crippen LogP contribution in [0.5, 0.6) is 0 Å². The van der Waals surface area contributed by atoms with Crippen molar-refractivity contribution in [2.45, 2.75) is 58.2 Å². The molecule has 0 N–H and O–H groups in total. The second-order valence-electron chi connectivity index (χ2n) is 4.63. The number of hydrogen-bond acceptors (Lipinski definition) is 2. The van der Waals surface area contributed by atoms with Gasteiger partial charge < -0.3 is 4.74 Å². The van der Waals surface area contributed by atoms with Gasteiger partial charge in [-0.3, -0.25) is 4.79 Å². The van der Waals surface area contributed by atoms with Gasteiger partial charge in [0, 0.05) is 11.8 Å². The van der Waals surface area contributed by atoms with Gasteiger partial charge in [-0.15, -0.1) is 0 Å². The van der Waals surface area contributed by atoms with Gasteiger partial charge in [0.25, 0.3) is 0 Å². The molecule has 0 saturated carbocycles. The van der Waals surface area contributed by atoms with E-state index in [4.69, 9.17) is 4.74 Å². The van der Waals surface area contributed by atoms with Crippen molar-refractivity contribution in [1.82, 2.24) is 0 Å². The average molecular weight is 196 g/mol. The predicted molar refractivity (Wildman–Crippen MR) is 55.1 cm³/mol. The van der Waals surface area contributed by atoms with Gasteiger partial charge in [0.2, 0.25) is 0 Å². The third-order valence-corrected chi connectivity index (χ3v) is 3.86. The van der Waals surface area contributed by atoms with Crippen LogP contribution in [0.15, 0.2) is 0 Å². The van der Waals surface area contributed by atoms with E-state index in [0.717, 1.165) is 25.7 Å². The summed E-state index contributed by atoms with van der Waals surface area (Å²) in [5.41, 5.74) is 0. The third-order valence-electron chi connectivity index (χ3n) is 3.86. The van der Waals surface area contributed by atoms with E-state index >= 15 is 0 Å². The highest BCUT2D eigenvalue weighted by Gasteiger charge is 2.45. The van der Waals surface area contributed by atoms with Gasteiger partial charge >= 0.3 is 0 Å². The molecule has 0 aromatic carbocycles. The number of Topliss-reactive ketones (excluding diaryl/α,β-unsaturated/α-hetero) is 1. The van der Waals surface area contributed by atoms with Gasteiger partial charge in [0.15, 0.2) is 0 Å². The van der Waals surface area contributed by atoms with Crippen LogP contribution in [0.3, 0.4) is 0 Å². The minimum atomic E-state index is 0.235. The fourth-order valence-corrected chi connectivity index (χ4v) is 2.93. The zero-order chi connectivity index (χ0) is 10.1. The number of carbonyl (C=O) groups is 1. The Morgan fingerprint density at radius 1 is 1.36 bits per heavy atom. The van der Waals surface area contributed by atoms with E-state index in [2.05, 4.69) is 13.8 Å². The molecule has 2 nitrogen and oxygen atoms in total. The highest BCUT2D eigenvalue weighted by atomic mass is 16.5. The van der Waals surface area contributed by atoms with Gasteiger partial charge in [-0.2, -0.15) is 0 Å². The summed E-state index contributed by atoms with van der Waals surface area (Å²) < 4.78 is 5.72. The van der Waals surface area contributed by atoms with Crippen LogP contribution in [0.2, 0.25) is 0 Å². The first-order valence-corrected chi connectivity index (χ1v) is 5.95. The maximum atomic E-state index is 12.1. The molecule has 14 heavy (non-hydrogen) atoms. The highest BCUT2D eigenvalue weighted by Crippen LogP contribution is 2.40. The molecule has 2 bridgehead atoms. The highest BCUT2D eigenvalue weighted by molar-refractivity contribution is 5.84. The van der Waals surface area contributed by atoms with E-state index in [1.54, 1.807) is 0 Å². The van der Waals surface area contributed by atoms with Crippen LogP contribution in [-0.2, 0) is 9.53 Å². The second kappa shape index (κ2) is 4.01. The van der Waals surface area contributed by atoms with E-state index in [1.165, 1.54) is 6.42 Å². The number of rotatable bonds is 4. The first kappa shape index (κ1) is 10.2. The maximum absolute atomic E-state index is 12.1. The summed E-state index contributed by atoms with van der Waals surface area (Å²) in [5.74, 6) is 0.990. The van der Waals surface area contributed by atoms with Crippen molar-refractivity contribution >= 4 is 5.78 Å². The Balaban J connectivity index is 1.98. The second-order valence-corrected chi connectivity index (χ2v) is 4.63. The Morgan fingerprint density at radius 3 is 2.50 bits per heavy atom. The molecule has 0 radical (unpaired) electrons. The summed E-state index contributed by atoms with van der Waals surface area (Å²) in [6.45, 7) is 4.22. The zero-order valence-corrected chi connectivity index (χ0v) is 9.16. The molecule has 0 aliphatic carbocycles. The summed E-state index contributed by atoms with van der Waals surface area (Å²) in [6, 6.07) is 0. The largest absolute Gasteiger partial charge is 0.374 e. The summed E-state index contributed by atoms with van der Waals surface area (Å²) in [6.07, 6.45) is 5.95. The number of hydrogen-bond donors (Lipinski definition) is 0. The summed E-state index contributed by atoms with van der Waals surface area (Å²) in [7, 11) is 0. The van der Waals surface area contributed by atoms with Crippen molar-refractivity contribution in [3.8, 4) is 0 Å². The quantitative estimate of drug-likeness (QED) is 0.690. The minimum Gasteiger partial charge on any atom is -0.374 e. The number of ketones is 1. The van der Waals surface area contributed by atoms with E-state index in [0.29, 0.717) is 11.9 Å². The van der Waals surface area contributed by atoms with Crippen molar-refractivity contribution in [1.29, 1.82) is 0 Å². The lowest BCUT2D eigenvalue weighted by molar-refractivity contribution is -0.128. The first-order valence-electron chi connectivity index (χ1n) is 5.95. The topological polar surface area (TPSA) is 26.3 Å². The molecule has 0 spiro atoms. The van der Waals surface area contributed by atoms with Crippen LogP contribution in [0.4, 0.5) is 0 Å². The van der Waals surface area contributed by atoms with Crippen molar-refractivity contribution in [3.63, 3.8) is 0 Å². The normalized spacial score (nSPS) is 35.5. The summed E-state index contributed by atoms with van der Waals surface area (Å²) >= 11 is 0. The Labute approximate surface area is 86.0 Å². The van der Waals surface area contributed by atoms with E-state index in [9.17, 15) is 4.79 Å². The van der Waals surface area contributed by atoms with Crippen LogP contribution >= 0.6 is 0 Å². The van der Waals surface area contributed by atoms with Gasteiger partial charge in [0.05, 0.1) is 12.2 Å². The fraction of sp³-hybridized carbons (Fsp3) is 0.917. The van der Waals surface area contributed by atoms with Crippen LogP contribution in [0.25, 0.3) is 0 Å². The number of fused-ring (bicyclic) bond motifs is 2. The lowest BCUT2D eigenvalue weighted by Gasteiger charge is -2.21. The molecule has 0 amide bonds. The van der Waals surface area contributed by atoms with E-state index < -0.39 is 0 Å². The number of carbonyl (C=O) groups excluding carboxylic acids is 1. The van der Waals surface area contributed by atoms with Gasteiger partial charge in [-0.05, 0) is 32.1 Å². The number of ether oxygens (including phenoxy) is 1. The van der Waals surface area contributed by atoms with Crippen molar-refractivity contribution in [3.05, 3.63) is 0 Å². The molecule has 2 rings (SSSR count). The lowest BCUT2D eigenvalue weighted by atomic mass is 9.80. The molecule has 2 heterocycles. The molecule has 2 heteroatoms. The lowest BCUT2D eigenvalue weighted by Crippen LogP contribution is -2.30. The van der Waals surface area contributed by atoms with Crippen LogP contribution in [-0.4, -0.2) is 18.0 Å². The van der Waals surface area contributed by atoms with Crippen molar-refractivity contribution in [2.24, 2.45) is 11.8 Å². The maximum Gasteiger partial charge on any atom is 0.141 e. The molecule has 80 valence electrons. The van der Waals surface area contributed by atoms with E-state index in [1.807, 2.05) is 0 Å². The SMILES string of the molecule is CCC(CC)C(=O)C1CC2CCC1O2. The molecule has 2 saturated heterocycles. The molecular formula is C12H20O2. The zero-order valence-electron chi connectivity index (χ0n) is 9.16. The summed E-state index contributed by atoms with van der Waals surface area (Å²) in [5, 5.41) is 0.